The highest BCUT2D eigenvalue weighted by Crippen LogP contribution is 2.27. The van der Waals surface area contributed by atoms with E-state index in [9.17, 15) is 4.39 Å². The molecular formula is C17H16FN3. The van der Waals surface area contributed by atoms with E-state index in [0.717, 1.165) is 22.9 Å². The second-order valence-corrected chi connectivity index (χ2v) is 5.24. The fourth-order valence-corrected chi connectivity index (χ4v) is 2.43. The minimum atomic E-state index is -0.233. The summed E-state index contributed by atoms with van der Waals surface area (Å²) in [6.45, 7) is 1.95. The predicted octanol–water partition coefficient (Wildman–Crippen LogP) is 3.33. The van der Waals surface area contributed by atoms with Gasteiger partial charge in [-0.2, -0.15) is 0 Å². The van der Waals surface area contributed by atoms with Crippen molar-refractivity contribution in [3.63, 3.8) is 0 Å². The highest BCUT2D eigenvalue weighted by Gasteiger charge is 2.09. The van der Waals surface area contributed by atoms with Crippen molar-refractivity contribution in [3.05, 3.63) is 60.2 Å². The van der Waals surface area contributed by atoms with Crippen LogP contribution in [0.1, 0.15) is 12.5 Å². The van der Waals surface area contributed by atoms with Crippen LogP contribution in [0.25, 0.3) is 22.2 Å². The van der Waals surface area contributed by atoms with E-state index in [2.05, 4.69) is 9.97 Å². The molecule has 4 heteroatoms. The van der Waals surface area contributed by atoms with Crippen LogP contribution in [0.2, 0.25) is 0 Å². The molecule has 0 aliphatic carbocycles. The van der Waals surface area contributed by atoms with E-state index < -0.39 is 0 Å². The summed E-state index contributed by atoms with van der Waals surface area (Å²) in [7, 11) is 0. The summed E-state index contributed by atoms with van der Waals surface area (Å²) >= 11 is 0. The van der Waals surface area contributed by atoms with E-state index in [1.165, 1.54) is 6.07 Å². The van der Waals surface area contributed by atoms with Crippen LogP contribution in [0.4, 0.5) is 4.39 Å². The zero-order chi connectivity index (χ0) is 14.8. The molecule has 0 aliphatic heterocycles. The van der Waals surface area contributed by atoms with E-state index in [4.69, 9.17) is 5.73 Å². The van der Waals surface area contributed by atoms with E-state index in [0.29, 0.717) is 11.2 Å². The Balaban J connectivity index is 2.06. The minimum absolute atomic E-state index is 0.0751. The average Bonchev–Trinajstić information content (AvgIpc) is 2.48. The number of rotatable bonds is 3. The summed E-state index contributed by atoms with van der Waals surface area (Å²) in [4.78, 5) is 8.79. The first-order valence-electron chi connectivity index (χ1n) is 6.89. The molecule has 0 saturated carbocycles. The maximum atomic E-state index is 13.8. The van der Waals surface area contributed by atoms with Gasteiger partial charge < -0.3 is 5.73 Å². The summed E-state index contributed by atoms with van der Waals surface area (Å²) < 4.78 is 13.8. The molecule has 1 atom stereocenters. The van der Waals surface area contributed by atoms with Gasteiger partial charge in [0.1, 0.15) is 5.82 Å². The Morgan fingerprint density at radius 2 is 1.71 bits per heavy atom. The number of halogens is 1. The Hall–Kier alpha value is -2.33. The van der Waals surface area contributed by atoms with E-state index in [1.54, 1.807) is 24.5 Å². The largest absolute Gasteiger partial charge is 0.328 e. The second kappa shape index (κ2) is 5.58. The third-order valence-electron chi connectivity index (χ3n) is 3.37. The van der Waals surface area contributed by atoms with Crippen molar-refractivity contribution >= 4 is 10.8 Å². The summed E-state index contributed by atoms with van der Waals surface area (Å²) in [6, 6.07) is 10.6. The highest BCUT2D eigenvalue weighted by atomic mass is 19.1. The molecule has 2 aromatic carbocycles. The van der Waals surface area contributed by atoms with Crippen molar-refractivity contribution < 1.29 is 4.39 Å². The van der Waals surface area contributed by atoms with Gasteiger partial charge in [0.2, 0.25) is 0 Å². The van der Waals surface area contributed by atoms with Crippen molar-refractivity contribution in [2.75, 3.05) is 0 Å². The first kappa shape index (κ1) is 13.6. The third kappa shape index (κ3) is 2.76. The van der Waals surface area contributed by atoms with Gasteiger partial charge in [-0.25, -0.2) is 14.4 Å². The monoisotopic (exact) mass is 281 g/mol. The number of benzene rings is 2. The summed E-state index contributed by atoms with van der Waals surface area (Å²) in [5.74, 6) is 0.363. The maximum Gasteiger partial charge on any atom is 0.159 e. The lowest BCUT2D eigenvalue weighted by atomic mass is 10.0. The summed E-state index contributed by atoms with van der Waals surface area (Å²) in [5.41, 5.74) is 7.60. The number of hydrogen-bond acceptors (Lipinski definition) is 3. The normalized spacial score (nSPS) is 12.5. The number of nitrogens with zero attached hydrogens (tertiary/aromatic N) is 2. The molecule has 0 fully saturated rings. The highest BCUT2D eigenvalue weighted by molar-refractivity contribution is 5.95. The van der Waals surface area contributed by atoms with Gasteiger partial charge >= 0.3 is 0 Å². The SMILES string of the molecule is CC(N)Cc1cnc(-c2ccc(F)c3ccccc23)nc1. The lowest BCUT2D eigenvalue weighted by Gasteiger charge is -2.08. The van der Waals surface area contributed by atoms with Gasteiger partial charge in [0.15, 0.2) is 5.82 Å². The molecule has 0 spiro atoms. The molecular weight excluding hydrogens is 265 g/mol. The van der Waals surface area contributed by atoms with Crippen LogP contribution >= 0.6 is 0 Å². The third-order valence-corrected chi connectivity index (χ3v) is 3.37. The molecule has 1 aromatic heterocycles. The first-order chi connectivity index (χ1) is 10.1. The Morgan fingerprint density at radius 1 is 1.05 bits per heavy atom. The summed E-state index contributed by atoms with van der Waals surface area (Å²) in [5, 5.41) is 1.40. The lowest BCUT2D eigenvalue weighted by Crippen LogP contribution is -2.18. The van der Waals surface area contributed by atoms with Gasteiger partial charge in [-0.05, 0) is 36.4 Å². The molecule has 0 bridgehead atoms. The number of fused-ring (bicyclic) bond motifs is 1. The van der Waals surface area contributed by atoms with E-state index in [1.807, 2.05) is 25.1 Å². The van der Waals surface area contributed by atoms with Crippen LogP contribution in [0.3, 0.4) is 0 Å². The van der Waals surface area contributed by atoms with Crippen LogP contribution in [0.5, 0.6) is 0 Å². The van der Waals surface area contributed by atoms with Crippen molar-refractivity contribution in [2.24, 2.45) is 5.73 Å². The molecule has 3 rings (SSSR count). The lowest BCUT2D eigenvalue weighted by molar-refractivity contribution is 0.640. The molecule has 0 saturated heterocycles. The minimum Gasteiger partial charge on any atom is -0.328 e. The van der Waals surface area contributed by atoms with Crippen LogP contribution in [0.15, 0.2) is 48.8 Å². The molecule has 1 heterocycles. The Bertz CT molecular complexity index is 767. The molecule has 0 aliphatic rings. The Kier molecular flexibility index (Phi) is 3.62. The maximum absolute atomic E-state index is 13.8. The molecule has 0 amide bonds. The van der Waals surface area contributed by atoms with Gasteiger partial charge in [0.05, 0.1) is 0 Å². The predicted molar refractivity (Wildman–Crippen MR) is 82.3 cm³/mol. The number of hydrogen-bond donors (Lipinski definition) is 1. The number of nitrogens with two attached hydrogens (primary N) is 1. The zero-order valence-electron chi connectivity index (χ0n) is 11.8. The topological polar surface area (TPSA) is 51.8 Å². The fraction of sp³-hybridized carbons (Fsp3) is 0.176. The molecule has 1 unspecified atom stereocenters. The quantitative estimate of drug-likeness (QED) is 0.801. The first-order valence-corrected chi connectivity index (χ1v) is 6.89. The fourth-order valence-electron chi connectivity index (χ4n) is 2.43. The van der Waals surface area contributed by atoms with Crippen LogP contribution in [0, 0.1) is 5.82 Å². The standard InChI is InChI=1S/C17H16FN3/c1-11(19)8-12-9-20-17(21-10-12)15-6-7-16(18)14-5-3-2-4-13(14)15/h2-7,9-11H,8,19H2,1H3. The van der Waals surface area contributed by atoms with Crippen molar-refractivity contribution in [2.45, 2.75) is 19.4 Å². The van der Waals surface area contributed by atoms with Gasteiger partial charge in [0.25, 0.3) is 0 Å². The van der Waals surface area contributed by atoms with E-state index in [-0.39, 0.29) is 11.9 Å². The smallest absolute Gasteiger partial charge is 0.159 e. The Morgan fingerprint density at radius 3 is 2.38 bits per heavy atom. The van der Waals surface area contributed by atoms with Gasteiger partial charge in [-0.15, -0.1) is 0 Å². The zero-order valence-corrected chi connectivity index (χ0v) is 11.8. The van der Waals surface area contributed by atoms with Crippen molar-refractivity contribution in [1.29, 1.82) is 0 Å². The van der Waals surface area contributed by atoms with E-state index >= 15 is 0 Å². The van der Waals surface area contributed by atoms with Crippen LogP contribution in [-0.4, -0.2) is 16.0 Å². The van der Waals surface area contributed by atoms with Crippen molar-refractivity contribution in [3.8, 4) is 11.4 Å². The van der Waals surface area contributed by atoms with Gasteiger partial charge in [-0.3, -0.25) is 0 Å². The number of aromatic nitrogens is 2. The van der Waals surface area contributed by atoms with Gasteiger partial charge in [-0.1, -0.05) is 24.3 Å². The molecule has 3 aromatic rings. The molecule has 3 nitrogen and oxygen atoms in total. The molecule has 106 valence electrons. The summed E-state index contributed by atoms with van der Waals surface area (Å²) in [6.07, 6.45) is 4.30. The average molecular weight is 281 g/mol. The van der Waals surface area contributed by atoms with Gasteiger partial charge in [0, 0.05) is 29.4 Å². The second-order valence-electron chi connectivity index (χ2n) is 5.24. The van der Waals surface area contributed by atoms with Crippen LogP contribution < -0.4 is 5.73 Å². The van der Waals surface area contributed by atoms with Crippen LogP contribution in [-0.2, 0) is 6.42 Å². The molecule has 0 radical (unpaired) electrons. The Labute approximate surface area is 122 Å². The van der Waals surface area contributed by atoms with Crippen molar-refractivity contribution in [1.82, 2.24) is 9.97 Å². The molecule has 21 heavy (non-hydrogen) atoms. The molecule has 2 N–H and O–H groups in total.